The Morgan fingerprint density at radius 3 is 2.79 bits per heavy atom. The molecule has 2 aromatic heterocycles. The van der Waals surface area contributed by atoms with Crippen molar-refractivity contribution in [2.45, 2.75) is 13.5 Å². The maximum atomic E-state index is 12.3. The van der Waals surface area contributed by atoms with Gasteiger partial charge in [-0.15, -0.1) is 0 Å². The number of pyridine rings is 1. The van der Waals surface area contributed by atoms with E-state index in [0.717, 1.165) is 5.56 Å². The van der Waals surface area contributed by atoms with E-state index in [9.17, 15) is 4.79 Å². The highest BCUT2D eigenvalue weighted by molar-refractivity contribution is 5.72. The van der Waals surface area contributed by atoms with Gasteiger partial charge in [0.15, 0.2) is 5.65 Å². The van der Waals surface area contributed by atoms with E-state index in [1.54, 1.807) is 29.2 Å². The van der Waals surface area contributed by atoms with Crippen LogP contribution in [0, 0.1) is 6.92 Å². The Labute approximate surface area is 110 Å². The molecule has 0 bridgehead atoms. The maximum absolute atomic E-state index is 12.3. The van der Waals surface area contributed by atoms with Crippen molar-refractivity contribution in [2.24, 2.45) is 0 Å². The van der Waals surface area contributed by atoms with Gasteiger partial charge in [0.1, 0.15) is 6.33 Å². The summed E-state index contributed by atoms with van der Waals surface area (Å²) in [5, 5.41) is 0.554. The monoisotopic (exact) mass is 251 g/mol. The number of rotatable bonds is 2. The zero-order valence-electron chi connectivity index (χ0n) is 10.6. The first-order chi connectivity index (χ1) is 9.25. The lowest BCUT2D eigenvalue weighted by atomic mass is 10.1. The number of benzene rings is 1. The summed E-state index contributed by atoms with van der Waals surface area (Å²) in [6, 6.07) is 11.5. The first kappa shape index (κ1) is 11.6. The van der Waals surface area contributed by atoms with Crippen LogP contribution >= 0.6 is 0 Å². The molecule has 94 valence electrons. The lowest BCUT2D eigenvalue weighted by molar-refractivity contribution is 0.743. The first-order valence-corrected chi connectivity index (χ1v) is 6.10. The van der Waals surface area contributed by atoms with Crippen LogP contribution in [0.3, 0.4) is 0 Å². The van der Waals surface area contributed by atoms with Gasteiger partial charge >= 0.3 is 0 Å². The molecule has 0 N–H and O–H groups in total. The molecule has 0 radical (unpaired) electrons. The van der Waals surface area contributed by atoms with Crippen LogP contribution in [-0.4, -0.2) is 14.5 Å². The van der Waals surface area contributed by atoms with Gasteiger partial charge in [0.2, 0.25) is 0 Å². The van der Waals surface area contributed by atoms with E-state index in [1.165, 1.54) is 5.56 Å². The number of fused-ring (bicyclic) bond motifs is 1. The number of hydrogen-bond donors (Lipinski definition) is 0. The third-order valence-electron chi connectivity index (χ3n) is 3.20. The van der Waals surface area contributed by atoms with Crippen molar-refractivity contribution < 1.29 is 0 Å². The van der Waals surface area contributed by atoms with E-state index >= 15 is 0 Å². The summed E-state index contributed by atoms with van der Waals surface area (Å²) in [5.41, 5.74) is 2.73. The van der Waals surface area contributed by atoms with Crippen LogP contribution in [-0.2, 0) is 6.54 Å². The predicted octanol–water partition coefficient (Wildman–Crippen LogP) is 2.15. The number of aryl methyl sites for hydroxylation is 1. The van der Waals surface area contributed by atoms with Gasteiger partial charge < -0.3 is 0 Å². The summed E-state index contributed by atoms with van der Waals surface area (Å²) in [6.45, 7) is 2.57. The predicted molar refractivity (Wildman–Crippen MR) is 74.1 cm³/mol. The molecule has 3 rings (SSSR count). The van der Waals surface area contributed by atoms with Crippen molar-refractivity contribution >= 4 is 11.0 Å². The van der Waals surface area contributed by atoms with Crippen molar-refractivity contribution in [1.82, 2.24) is 14.5 Å². The Hall–Kier alpha value is -2.49. The Kier molecular flexibility index (Phi) is 2.83. The lowest BCUT2D eigenvalue weighted by Crippen LogP contribution is -2.21. The molecule has 0 aliphatic heterocycles. The highest BCUT2D eigenvalue weighted by Crippen LogP contribution is 2.09. The zero-order valence-corrected chi connectivity index (χ0v) is 10.6. The van der Waals surface area contributed by atoms with Gasteiger partial charge in [-0.25, -0.2) is 9.97 Å². The topological polar surface area (TPSA) is 47.8 Å². The van der Waals surface area contributed by atoms with Crippen molar-refractivity contribution in [3.8, 4) is 0 Å². The molecule has 0 atom stereocenters. The average molecular weight is 251 g/mol. The standard InChI is InChI=1S/C15H13N3O/c1-11-5-2-3-6-12(11)9-18-10-17-14-13(15(18)19)7-4-8-16-14/h2-8,10H,9H2,1H3. The second-order valence-electron chi connectivity index (χ2n) is 4.48. The van der Waals surface area contributed by atoms with Crippen molar-refractivity contribution in [1.29, 1.82) is 0 Å². The molecule has 3 aromatic rings. The molecule has 0 fully saturated rings. The number of nitrogens with zero attached hydrogens (tertiary/aromatic N) is 3. The van der Waals surface area contributed by atoms with Gasteiger partial charge in [-0.05, 0) is 30.2 Å². The summed E-state index contributed by atoms with van der Waals surface area (Å²) in [7, 11) is 0. The molecule has 0 saturated carbocycles. The number of hydrogen-bond acceptors (Lipinski definition) is 3. The van der Waals surface area contributed by atoms with Crippen LogP contribution in [0.15, 0.2) is 53.7 Å². The van der Waals surface area contributed by atoms with Crippen LogP contribution in [0.1, 0.15) is 11.1 Å². The molecule has 0 saturated heterocycles. The van der Waals surface area contributed by atoms with Gasteiger partial charge in [-0.2, -0.15) is 0 Å². The van der Waals surface area contributed by atoms with Gasteiger partial charge in [-0.1, -0.05) is 24.3 Å². The van der Waals surface area contributed by atoms with Crippen LogP contribution in [0.4, 0.5) is 0 Å². The molecule has 0 aliphatic rings. The molecule has 0 aliphatic carbocycles. The van der Waals surface area contributed by atoms with Crippen LogP contribution in [0.5, 0.6) is 0 Å². The summed E-state index contributed by atoms with van der Waals surface area (Å²) < 4.78 is 1.62. The molecular weight excluding hydrogens is 238 g/mol. The number of aromatic nitrogens is 3. The van der Waals surface area contributed by atoms with E-state index in [1.807, 2.05) is 31.2 Å². The lowest BCUT2D eigenvalue weighted by Gasteiger charge is -2.08. The van der Waals surface area contributed by atoms with Crippen molar-refractivity contribution in [3.05, 3.63) is 70.4 Å². The quantitative estimate of drug-likeness (QED) is 0.701. The van der Waals surface area contributed by atoms with Gasteiger partial charge in [0.05, 0.1) is 11.9 Å². The molecule has 4 nitrogen and oxygen atoms in total. The average Bonchev–Trinajstić information content (AvgIpc) is 2.44. The van der Waals surface area contributed by atoms with Gasteiger partial charge in [0, 0.05) is 6.20 Å². The molecular formula is C15H13N3O. The summed E-state index contributed by atoms with van der Waals surface area (Å²) >= 11 is 0. The summed E-state index contributed by atoms with van der Waals surface area (Å²) in [5.74, 6) is 0. The minimum Gasteiger partial charge on any atom is -0.294 e. The highest BCUT2D eigenvalue weighted by Gasteiger charge is 2.05. The van der Waals surface area contributed by atoms with Crippen LogP contribution in [0.2, 0.25) is 0 Å². The maximum Gasteiger partial charge on any atom is 0.263 e. The van der Waals surface area contributed by atoms with E-state index in [-0.39, 0.29) is 5.56 Å². The molecule has 2 heterocycles. The second-order valence-corrected chi connectivity index (χ2v) is 4.48. The molecule has 0 spiro atoms. The van der Waals surface area contributed by atoms with E-state index in [0.29, 0.717) is 17.6 Å². The Bertz CT molecular complexity index is 792. The summed E-state index contributed by atoms with van der Waals surface area (Å²) in [4.78, 5) is 20.6. The SMILES string of the molecule is Cc1ccccc1Cn1cnc2ncccc2c1=O. The Morgan fingerprint density at radius 1 is 1.11 bits per heavy atom. The summed E-state index contributed by atoms with van der Waals surface area (Å²) in [6.07, 6.45) is 3.20. The minimum absolute atomic E-state index is 0.0543. The fourth-order valence-electron chi connectivity index (χ4n) is 2.08. The van der Waals surface area contributed by atoms with Crippen LogP contribution in [0.25, 0.3) is 11.0 Å². The third-order valence-corrected chi connectivity index (χ3v) is 3.20. The molecule has 0 unspecified atom stereocenters. The van der Waals surface area contributed by atoms with Crippen LogP contribution < -0.4 is 5.56 Å². The molecule has 0 amide bonds. The Balaban J connectivity index is 2.10. The van der Waals surface area contributed by atoms with Gasteiger partial charge in [0.25, 0.3) is 5.56 Å². The van der Waals surface area contributed by atoms with E-state index in [4.69, 9.17) is 0 Å². The van der Waals surface area contributed by atoms with Crippen molar-refractivity contribution in [3.63, 3.8) is 0 Å². The van der Waals surface area contributed by atoms with Gasteiger partial charge in [-0.3, -0.25) is 9.36 Å². The van der Waals surface area contributed by atoms with E-state index in [2.05, 4.69) is 9.97 Å². The van der Waals surface area contributed by atoms with Crippen molar-refractivity contribution in [2.75, 3.05) is 0 Å². The molecule has 19 heavy (non-hydrogen) atoms. The highest BCUT2D eigenvalue weighted by atomic mass is 16.1. The first-order valence-electron chi connectivity index (χ1n) is 6.10. The second kappa shape index (κ2) is 4.65. The fraction of sp³-hybridized carbons (Fsp3) is 0.133. The third kappa shape index (κ3) is 2.12. The largest absolute Gasteiger partial charge is 0.294 e. The fourth-order valence-corrected chi connectivity index (χ4v) is 2.08. The molecule has 4 heteroatoms. The molecule has 1 aromatic carbocycles. The normalized spacial score (nSPS) is 10.8. The smallest absolute Gasteiger partial charge is 0.263 e. The van der Waals surface area contributed by atoms with E-state index < -0.39 is 0 Å². The zero-order chi connectivity index (χ0) is 13.2. The Morgan fingerprint density at radius 2 is 1.95 bits per heavy atom. The minimum atomic E-state index is -0.0543.